The van der Waals surface area contributed by atoms with Crippen molar-refractivity contribution in [2.75, 3.05) is 0 Å². The van der Waals surface area contributed by atoms with Gasteiger partial charge in [0, 0.05) is 0 Å². The van der Waals surface area contributed by atoms with Gasteiger partial charge in [0.2, 0.25) is 33.7 Å². The van der Waals surface area contributed by atoms with E-state index >= 15 is 0 Å². The van der Waals surface area contributed by atoms with Gasteiger partial charge in [0.05, 0.1) is 4.90 Å². The van der Waals surface area contributed by atoms with Crippen LogP contribution in [0.15, 0.2) is 59.5 Å². The third-order valence-electron chi connectivity index (χ3n) is 6.59. The maximum absolute atomic E-state index is 13.5. The first-order chi connectivity index (χ1) is 19.6. The molecule has 0 bridgehead atoms. The Bertz CT molecular complexity index is 1330. The Hall–Kier alpha value is -3.77. The van der Waals surface area contributed by atoms with Gasteiger partial charge >= 0.3 is 0 Å². The van der Waals surface area contributed by atoms with Gasteiger partial charge in [-0.15, -0.1) is 0 Å². The molecule has 6 N–H and O–H groups in total. The molecule has 0 heterocycles. The second-order valence-electron chi connectivity index (χ2n) is 11.2. The van der Waals surface area contributed by atoms with Crippen molar-refractivity contribution >= 4 is 33.7 Å². The molecule has 2 rings (SSSR count). The van der Waals surface area contributed by atoms with Crippen LogP contribution in [0.3, 0.4) is 0 Å². The van der Waals surface area contributed by atoms with E-state index < -0.39 is 63.7 Å². The predicted octanol–water partition coefficient (Wildman–Crippen LogP) is 1.55. The van der Waals surface area contributed by atoms with E-state index in [4.69, 9.17) is 5.73 Å². The summed E-state index contributed by atoms with van der Waals surface area (Å²) in [5.41, 5.74) is 7.01. The number of hydrogen-bond donors (Lipinski definition) is 5. The first-order valence-electron chi connectivity index (χ1n) is 13.9. The van der Waals surface area contributed by atoms with Crippen LogP contribution >= 0.6 is 0 Å². The van der Waals surface area contributed by atoms with Gasteiger partial charge < -0.3 is 21.7 Å². The van der Waals surface area contributed by atoms with Gasteiger partial charge in [0.1, 0.15) is 24.2 Å². The van der Waals surface area contributed by atoms with Gasteiger partial charge in [-0.25, -0.2) is 8.42 Å². The molecule has 0 saturated heterocycles. The Labute approximate surface area is 248 Å². The largest absolute Gasteiger partial charge is 0.368 e. The number of benzene rings is 2. The highest BCUT2D eigenvalue weighted by molar-refractivity contribution is 7.89. The summed E-state index contributed by atoms with van der Waals surface area (Å²) in [6.07, 6.45) is 0.376. The van der Waals surface area contributed by atoms with Gasteiger partial charge in [-0.05, 0) is 56.2 Å². The van der Waals surface area contributed by atoms with Gasteiger partial charge in [-0.3, -0.25) is 19.2 Å². The number of aryl methyl sites for hydroxylation is 1. The number of sulfonamides is 1. The Kier molecular flexibility index (Phi) is 12.7. The summed E-state index contributed by atoms with van der Waals surface area (Å²) in [6.45, 7) is 10.5. The number of rotatable bonds is 15. The van der Waals surface area contributed by atoms with Crippen LogP contribution < -0.4 is 26.4 Å². The number of nitrogens with one attached hydrogen (secondary N) is 4. The minimum absolute atomic E-state index is 0.00341. The van der Waals surface area contributed by atoms with Crippen LogP contribution in [0.4, 0.5) is 0 Å². The van der Waals surface area contributed by atoms with Crippen LogP contribution in [0.25, 0.3) is 0 Å². The summed E-state index contributed by atoms with van der Waals surface area (Å²) in [6, 6.07) is 10.9. The number of hydrogen-bond acceptors (Lipinski definition) is 6. The van der Waals surface area contributed by atoms with Crippen LogP contribution in [0.1, 0.15) is 52.2 Å². The minimum atomic E-state index is -4.08. The Balaban J connectivity index is 2.21. The van der Waals surface area contributed by atoms with E-state index in [0.717, 1.165) is 5.56 Å². The predicted molar refractivity (Wildman–Crippen MR) is 160 cm³/mol. The Morgan fingerprint density at radius 1 is 0.762 bits per heavy atom. The zero-order valence-corrected chi connectivity index (χ0v) is 25.8. The van der Waals surface area contributed by atoms with Crippen molar-refractivity contribution < 1.29 is 27.6 Å². The highest BCUT2D eigenvalue weighted by atomic mass is 32.2. The van der Waals surface area contributed by atoms with Crippen molar-refractivity contribution in [3.8, 4) is 0 Å². The maximum Gasteiger partial charge on any atom is 0.243 e. The second kappa shape index (κ2) is 15.5. The molecule has 0 saturated carbocycles. The first-order valence-corrected chi connectivity index (χ1v) is 15.4. The molecule has 12 heteroatoms. The molecule has 0 aliphatic heterocycles. The highest BCUT2D eigenvalue weighted by Crippen LogP contribution is 2.14. The molecule has 0 unspecified atom stereocenters. The molecule has 0 aromatic heterocycles. The SMILES string of the molecule is Cc1ccc(S(=O)(=O)N[C@@H](Cc2ccccc2)C(=O)N[C@H](C(=O)N[C@@H](C)C(=O)N[C@@H](CC(C)C)C(N)=O)C(C)C)cc1. The van der Waals surface area contributed by atoms with Crippen LogP contribution in [0.2, 0.25) is 0 Å². The molecule has 4 amide bonds. The lowest BCUT2D eigenvalue weighted by Gasteiger charge is -2.27. The summed E-state index contributed by atoms with van der Waals surface area (Å²) in [5, 5.41) is 7.80. The van der Waals surface area contributed by atoms with E-state index in [9.17, 15) is 27.6 Å². The minimum Gasteiger partial charge on any atom is -0.368 e. The van der Waals surface area contributed by atoms with Crippen LogP contribution in [0, 0.1) is 18.8 Å². The van der Waals surface area contributed by atoms with Crippen molar-refractivity contribution in [1.29, 1.82) is 0 Å². The zero-order valence-electron chi connectivity index (χ0n) is 25.0. The topological polar surface area (TPSA) is 177 Å². The van der Waals surface area contributed by atoms with E-state index in [2.05, 4.69) is 20.7 Å². The van der Waals surface area contributed by atoms with E-state index in [1.165, 1.54) is 19.1 Å². The normalized spacial score (nSPS) is 14.5. The number of carbonyl (C=O) groups excluding carboxylic acids is 4. The fourth-order valence-corrected chi connectivity index (χ4v) is 5.38. The van der Waals surface area contributed by atoms with Gasteiger partial charge in [-0.1, -0.05) is 75.7 Å². The molecule has 42 heavy (non-hydrogen) atoms. The molecule has 0 spiro atoms. The molecule has 230 valence electrons. The summed E-state index contributed by atoms with van der Waals surface area (Å²) in [5.74, 6) is -2.93. The fraction of sp³-hybridized carbons (Fsp3) is 0.467. The molecule has 0 aliphatic carbocycles. The molecule has 2 aromatic carbocycles. The van der Waals surface area contributed by atoms with Crippen LogP contribution in [-0.2, 0) is 35.6 Å². The highest BCUT2D eigenvalue weighted by Gasteiger charge is 2.32. The van der Waals surface area contributed by atoms with Crippen LogP contribution in [0.5, 0.6) is 0 Å². The van der Waals surface area contributed by atoms with Crippen molar-refractivity contribution in [2.45, 2.75) is 83.4 Å². The van der Waals surface area contributed by atoms with Gasteiger partial charge in [-0.2, -0.15) is 4.72 Å². The standard InChI is InChI=1S/C30H43N5O6S/c1-18(2)16-24(27(31)36)33-28(37)21(6)32-30(39)26(19(3)4)34-29(38)25(17-22-10-8-7-9-11-22)35-42(40,41)23-14-12-20(5)13-15-23/h7-15,18-19,21,24-26,35H,16-17H2,1-6H3,(H2,31,36)(H,32,39)(H,33,37)(H,34,38)/t21-,24-,25-,26-/m0/s1. The molecular formula is C30H43N5O6S. The quantitative estimate of drug-likeness (QED) is 0.207. The van der Waals surface area contributed by atoms with Crippen molar-refractivity contribution in [1.82, 2.24) is 20.7 Å². The number of amides is 4. The summed E-state index contributed by atoms with van der Waals surface area (Å²) < 4.78 is 28.8. The van der Waals surface area contributed by atoms with E-state index in [1.54, 1.807) is 56.3 Å². The lowest BCUT2D eigenvalue weighted by Crippen LogP contribution is -2.59. The summed E-state index contributed by atoms with van der Waals surface area (Å²) in [7, 11) is -4.08. The average molecular weight is 602 g/mol. The third-order valence-corrected chi connectivity index (χ3v) is 8.08. The molecule has 2 aromatic rings. The van der Waals surface area contributed by atoms with E-state index in [1.807, 2.05) is 20.8 Å². The lowest BCUT2D eigenvalue weighted by molar-refractivity contribution is -0.134. The van der Waals surface area contributed by atoms with Crippen LogP contribution in [-0.4, -0.2) is 56.2 Å². The van der Waals surface area contributed by atoms with Gasteiger partial charge in [0.25, 0.3) is 0 Å². The molecule has 0 aliphatic rings. The second-order valence-corrected chi connectivity index (χ2v) is 12.9. The smallest absolute Gasteiger partial charge is 0.243 e. The van der Waals surface area contributed by atoms with Crippen molar-refractivity contribution in [3.63, 3.8) is 0 Å². The Morgan fingerprint density at radius 3 is 1.88 bits per heavy atom. The van der Waals surface area contributed by atoms with E-state index in [0.29, 0.717) is 12.0 Å². The lowest BCUT2D eigenvalue weighted by atomic mass is 10.0. The Morgan fingerprint density at radius 2 is 1.36 bits per heavy atom. The van der Waals surface area contributed by atoms with Gasteiger partial charge in [0.15, 0.2) is 0 Å². The zero-order chi connectivity index (χ0) is 31.6. The van der Waals surface area contributed by atoms with E-state index in [-0.39, 0.29) is 17.2 Å². The molecule has 0 radical (unpaired) electrons. The first kappa shape index (κ1) is 34.4. The number of nitrogens with two attached hydrogens (primary N) is 1. The third kappa shape index (κ3) is 10.6. The molecule has 0 fully saturated rings. The maximum atomic E-state index is 13.5. The fourth-order valence-electron chi connectivity index (χ4n) is 4.18. The molecule has 4 atom stereocenters. The number of primary amides is 1. The molecule has 11 nitrogen and oxygen atoms in total. The number of carbonyl (C=O) groups is 4. The summed E-state index contributed by atoms with van der Waals surface area (Å²) in [4.78, 5) is 51.2. The average Bonchev–Trinajstić information content (AvgIpc) is 2.90. The van der Waals surface area contributed by atoms with Crippen molar-refractivity contribution in [3.05, 3.63) is 65.7 Å². The van der Waals surface area contributed by atoms with Crippen molar-refractivity contribution in [2.24, 2.45) is 17.6 Å². The summed E-state index contributed by atoms with van der Waals surface area (Å²) >= 11 is 0. The molecular weight excluding hydrogens is 558 g/mol. The monoisotopic (exact) mass is 601 g/mol.